The number of benzene rings is 1. The summed E-state index contributed by atoms with van der Waals surface area (Å²) >= 11 is 0. The van der Waals surface area contributed by atoms with Crippen molar-refractivity contribution in [3.05, 3.63) is 35.4 Å². The lowest BCUT2D eigenvalue weighted by atomic mass is 9.95. The highest BCUT2D eigenvalue weighted by atomic mass is 19.1. The fourth-order valence-corrected chi connectivity index (χ4v) is 5.10. The van der Waals surface area contributed by atoms with Gasteiger partial charge in [0, 0.05) is 45.7 Å². The van der Waals surface area contributed by atoms with Crippen molar-refractivity contribution in [3.8, 4) is 0 Å². The quantitative estimate of drug-likeness (QED) is 0.186. The molecule has 0 aliphatic carbocycles. The molecule has 5 atom stereocenters. The molecule has 1 aliphatic rings. The number of likely N-dealkylation sites (N-methyl/N-ethyl adjacent to an activating group) is 2. The van der Waals surface area contributed by atoms with Crippen molar-refractivity contribution in [2.24, 2.45) is 5.92 Å². The largest absolute Gasteiger partial charge is 0.352 e. The van der Waals surface area contributed by atoms with Crippen molar-refractivity contribution in [1.29, 1.82) is 0 Å². The van der Waals surface area contributed by atoms with Gasteiger partial charge in [0.25, 0.3) is 11.8 Å². The molecule has 44 heavy (non-hydrogen) atoms. The molecule has 0 spiro atoms. The third-order valence-corrected chi connectivity index (χ3v) is 8.06. The van der Waals surface area contributed by atoms with Crippen molar-refractivity contribution in [2.45, 2.75) is 77.5 Å². The maximum atomic E-state index is 13.7. The molecule has 0 bridgehead atoms. The van der Waals surface area contributed by atoms with E-state index in [2.05, 4.69) is 10.6 Å². The van der Waals surface area contributed by atoms with E-state index in [1.54, 1.807) is 13.8 Å². The summed E-state index contributed by atoms with van der Waals surface area (Å²) in [5, 5.41) is 14.2. The second kappa shape index (κ2) is 16.1. The summed E-state index contributed by atoms with van der Waals surface area (Å²) in [7, 11) is 2.93. The fraction of sp³-hybridized carbons (Fsp3) is 0.586. The van der Waals surface area contributed by atoms with Gasteiger partial charge in [-0.3, -0.25) is 34.0 Å². The zero-order valence-corrected chi connectivity index (χ0v) is 25.9. The lowest BCUT2D eigenvalue weighted by Gasteiger charge is -2.37. The number of hydrogen-bond acceptors (Lipinski definition) is 7. The number of carbonyl (C=O) groups is 6. The standard InChI is InChI=1S/C29H42F2N6O7/c1-7-16(2)24(36(6)29(43)23-9-8-12-37(23)28(42)17(3)35(5)18(4)38)27(41)33-22(26(40)34-44)10-11-32-25(39)19-13-20(30)15-21(31)14-19/h13-17,22-24,44H,7-12H2,1-6H3,(H,32,39)(H,33,41)(H,34,40)/t16?,17-,22-,23-,24-/m0/s1. The maximum absolute atomic E-state index is 13.7. The summed E-state index contributed by atoms with van der Waals surface area (Å²) in [4.78, 5) is 80.9. The topological polar surface area (TPSA) is 168 Å². The van der Waals surface area contributed by atoms with Gasteiger partial charge in [0.2, 0.25) is 23.6 Å². The van der Waals surface area contributed by atoms with Crippen molar-refractivity contribution in [3.63, 3.8) is 0 Å². The summed E-state index contributed by atoms with van der Waals surface area (Å²) in [5.41, 5.74) is 1.18. The van der Waals surface area contributed by atoms with Crippen LogP contribution in [0.15, 0.2) is 18.2 Å². The highest BCUT2D eigenvalue weighted by Crippen LogP contribution is 2.24. The van der Waals surface area contributed by atoms with Crippen LogP contribution in [-0.4, -0.2) is 107 Å². The SMILES string of the molecule is CCC(C)[C@@H](C(=O)N[C@@H](CCNC(=O)c1cc(F)cc(F)c1)C(=O)NO)N(C)C(=O)[C@@H]1CCCN1C(=O)[C@H](C)N(C)C(C)=O. The van der Waals surface area contributed by atoms with Crippen LogP contribution >= 0.6 is 0 Å². The molecular weight excluding hydrogens is 582 g/mol. The van der Waals surface area contributed by atoms with Crippen LogP contribution in [0, 0.1) is 17.6 Å². The van der Waals surface area contributed by atoms with Gasteiger partial charge in [0.1, 0.15) is 35.8 Å². The number of carbonyl (C=O) groups excluding carboxylic acids is 6. The van der Waals surface area contributed by atoms with E-state index in [1.807, 2.05) is 6.92 Å². The molecular formula is C29H42F2N6O7. The Morgan fingerprint density at radius 1 is 1.02 bits per heavy atom. The van der Waals surface area contributed by atoms with E-state index in [9.17, 15) is 42.8 Å². The molecule has 15 heteroatoms. The molecule has 1 saturated heterocycles. The summed E-state index contributed by atoms with van der Waals surface area (Å²) in [5.74, 6) is -5.97. The van der Waals surface area contributed by atoms with Crippen LogP contribution < -0.4 is 16.1 Å². The third kappa shape index (κ3) is 8.94. The Morgan fingerprint density at radius 2 is 1.64 bits per heavy atom. The molecule has 2 rings (SSSR count). The molecule has 4 N–H and O–H groups in total. The summed E-state index contributed by atoms with van der Waals surface area (Å²) < 4.78 is 26.9. The van der Waals surface area contributed by atoms with Crippen LogP contribution in [-0.2, 0) is 24.0 Å². The Labute approximate surface area is 255 Å². The number of rotatable bonds is 13. The van der Waals surface area contributed by atoms with Gasteiger partial charge in [0.05, 0.1) is 0 Å². The number of amides is 6. The van der Waals surface area contributed by atoms with Gasteiger partial charge in [-0.1, -0.05) is 20.3 Å². The van der Waals surface area contributed by atoms with Crippen LogP contribution in [0.4, 0.5) is 8.78 Å². The normalized spacial score (nSPS) is 17.1. The average molecular weight is 625 g/mol. The van der Waals surface area contributed by atoms with Gasteiger partial charge in [-0.2, -0.15) is 0 Å². The van der Waals surface area contributed by atoms with E-state index in [0.717, 1.165) is 12.1 Å². The molecule has 1 heterocycles. The third-order valence-electron chi connectivity index (χ3n) is 8.06. The molecule has 0 saturated carbocycles. The Kier molecular flexibility index (Phi) is 13.2. The van der Waals surface area contributed by atoms with Gasteiger partial charge in [-0.15, -0.1) is 0 Å². The number of hydroxylamine groups is 1. The van der Waals surface area contributed by atoms with Gasteiger partial charge in [-0.25, -0.2) is 14.3 Å². The first kappa shape index (κ1) is 36.1. The predicted molar refractivity (Wildman–Crippen MR) is 154 cm³/mol. The second-order valence-corrected chi connectivity index (χ2v) is 11.0. The second-order valence-electron chi connectivity index (χ2n) is 11.0. The zero-order valence-electron chi connectivity index (χ0n) is 25.9. The zero-order chi connectivity index (χ0) is 33.3. The molecule has 0 radical (unpaired) electrons. The minimum atomic E-state index is -1.35. The molecule has 13 nitrogen and oxygen atoms in total. The highest BCUT2D eigenvalue weighted by molar-refractivity contribution is 5.96. The number of hydrogen-bond donors (Lipinski definition) is 4. The van der Waals surface area contributed by atoms with E-state index < -0.39 is 65.3 Å². The smallest absolute Gasteiger partial charge is 0.265 e. The fourth-order valence-electron chi connectivity index (χ4n) is 5.10. The number of nitrogens with one attached hydrogen (secondary N) is 3. The lowest BCUT2D eigenvalue weighted by molar-refractivity contribution is -0.151. The summed E-state index contributed by atoms with van der Waals surface area (Å²) in [6.07, 6.45) is 1.18. The van der Waals surface area contributed by atoms with Crippen LogP contribution in [0.5, 0.6) is 0 Å². The van der Waals surface area contributed by atoms with Crippen molar-refractivity contribution < 1.29 is 42.8 Å². The van der Waals surface area contributed by atoms with Crippen molar-refractivity contribution in [2.75, 3.05) is 27.2 Å². The first-order chi connectivity index (χ1) is 20.6. The van der Waals surface area contributed by atoms with Gasteiger partial charge >= 0.3 is 0 Å². The van der Waals surface area contributed by atoms with Gasteiger partial charge < -0.3 is 25.3 Å². The Morgan fingerprint density at radius 3 is 2.18 bits per heavy atom. The van der Waals surface area contributed by atoms with Crippen molar-refractivity contribution >= 4 is 35.4 Å². The highest BCUT2D eigenvalue weighted by Gasteiger charge is 2.42. The number of nitrogens with zero attached hydrogens (tertiary/aromatic N) is 3. The maximum Gasteiger partial charge on any atom is 0.265 e. The first-order valence-electron chi connectivity index (χ1n) is 14.4. The molecule has 1 aromatic rings. The van der Waals surface area contributed by atoms with Crippen LogP contribution in [0.1, 0.15) is 63.7 Å². The monoisotopic (exact) mass is 624 g/mol. The predicted octanol–water partition coefficient (Wildman–Crippen LogP) is 0.806. The minimum Gasteiger partial charge on any atom is -0.352 e. The lowest BCUT2D eigenvalue weighted by Crippen LogP contribution is -2.59. The van der Waals surface area contributed by atoms with Crippen molar-refractivity contribution in [1.82, 2.24) is 30.8 Å². The van der Waals surface area contributed by atoms with E-state index >= 15 is 0 Å². The van der Waals surface area contributed by atoms with Crippen LogP contribution in [0.25, 0.3) is 0 Å². The van der Waals surface area contributed by atoms with E-state index in [4.69, 9.17) is 0 Å². The van der Waals surface area contributed by atoms with Gasteiger partial charge in [-0.05, 0) is 44.2 Å². The minimum absolute atomic E-state index is 0.209. The molecule has 1 unspecified atom stereocenters. The van der Waals surface area contributed by atoms with Gasteiger partial charge in [0.15, 0.2) is 0 Å². The Balaban J connectivity index is 2.17. The Hall–Kier alpha value is -4.14. The van der Waals surface area contributed by atoms with E-state index in [-0.39, 0.29) is 30.3 Å². The molecule has 1 aliphatic heterocycles. The number of halogens is 2. The molecule has 1 fully saturated rings. The van der Waals surface area contributed by atoms with Crippen LogP contribution in [0.3, 0.4) is 0 Å². The van der Waals surface area contributed by atoms with E-state index in [0.29, 0.717) is 31.9 Å². The van der Waals surface area contributed by atoms with Crippen LogP contribution in [0.2, 0.25) is 0 Å². The summed E-state index contributed by atoms with van der Waals surface area (Å²) in [6.45, 7) is 6.57. The van der Waals surface area contributed by atoms with E-state index in [1.165, 1.54) is 41.2 Å². The number of likely N-dealkylation sites (tertiary alicyclic amines) is 1. The molecule has 0 aromatic heterocycles. The Bertz CT molecular complexity index is 1230. The average Bonchev–Trinajstić information content (AvgIpc) is 3.47. The molecule has 6 amide bonds. The summed E-state index contributed by atoms with van der Waals surface area (Å²) in [6, 6.07) is -1.78. The molecule has 1 aromatic carbocycles. The first-order valence-corrected chi connectivity index (χ1v) is 14.4. The molecule has 244 valence electrons.